The van der Waals surface area contributed by atoms with Gasteiger partial charge in [0.2, 0.25) is 11.8 Å². The number of anilines is 1. The summed E-state index contributed by atoms with van der Waals surface area (Å²) in [5, 5.41) is 27.4. The predicted molar refractivity (Wildman–Crippen MR) is 152 cm³/mol. The number of ether oxygens (including phenoxy) is 3. The van der Waals surface area contributed by atoms with E-state index in [1.165, 1.54) is 38.9 Å². The zero-order valence-electron chi connectivity index (χ0n) is 24.3. The first-order chi connectivity index (χ1) is 20.1. The van der Waals surface area contributed by atoms with Gasteiger partial charge in [-0.2, -0.15) is 9.97 Å². The van der Waals surface area contributed by atoms with Gasteiger partial charge in [-0.1, -0.05) is 11.4 Å². The fraction of sp³-hybridized carbons (Fsp3) is 0.652. The lowest BCUT2D eigenvalue weighted by molar-refractivity contribution is -0.149. The zero-order chi connectivity index (χ0) is 31.9. The van der Waals surface area contributed by atoms with E-state index in [1.807, 2.05) is 0 Å². The molecule has 0 spiro atoms. The third-order valence-electron chi connectivity index (χ3n) is 6.72. The normalized spacial score (nSPS) is 27.9. The molecule has 3 amide bonds. The molecule has 4 rings (SSSR count). The number of hydrogen-bond donors (Lipinski definition) is 5. The molecular weight excluding hydrogens is 611 g/mol. The zero-order valence-corrected chi connectivity index (χ0v) is 26.0. The van der Waals surface area contributed by atoms with E-state index in [0.717, 1.165) is 4.90 Å². The van der Waals surface area contributed by atoms with E-state index in [1.54, 1.807) is 13.8 Å². The number of rotatable bonds is 12. The molecule has 0 aromatic carbocycles. The number of carbonyl (C=O) groups excluding carboxylic acids is 3. The van der Waals surface area contributed by atoms with Gasteiger partial charge < -0.3 is 40.0 Å². The SMILES string of the molecule is COc1nc(N)nc2c1ncn2[C@@H]1O[C@H](CO[P@@](=O)(N[C@H](C)C(=O)OC(C)C)SC[C@@H]2NC(=O)N(C)C2=O)[C@@H](O)[C@@]1(C)O. The van der Waals surface area contributed by atoms with Crippen molar-refractivity contribution in [1.82, 2.24) is 34.8 Å². The third-order valence-corrected chi connectivity index (χ3v) is 10.8. The number of aliphatic hydroxyl groups is 2. The summed E-state index contributed by atoms with van der Waals surface area (Å²) in [5.74, 6) is -1.42. The van der Waals surface area contributed by atoms with Crippen molar-refractivity contribution in [1.29, 1.82) is 0 Å². The molecule has 7 atom stereocenters. The van der Waals surface area contributed by atoms with E-state index in [4.69, 9.17) is 24.5 Å². The van der Waals surface area contributed by atoms with Crippen LogP contribution in [0.3, 0.4) is 0 Å². The van der Waals surface area contributed by atoms with E-state index >= 15 is 0 Å². The number of fused-ring (bicyclic) bond motifs is 1. The summed E-state index contributed by atoms with van der Waals surface area (Å²) in [6, 6.07) is -2.70. The number of nitrogen functional groups attached to an aromatic ring is 1. The quantitative estimate of drug-likeness (QED) is 0.114. The van der Waals surface area contributed by atoms with E-state index in [2.05, 4.69) is 25.4 Å². The second-order valence-electron chi connectivity index (χ2n) is 10.4. The van der Waals surface area contributed by atoms with Crippen molar-refractivity contribution >= 4 is 53.1 Å². The van der Waals surface area contributed by atoms with Crippen LogP contribution in [0, 0.1) is 0 Å². The molecule has 0 unspecified atom stereocenters. The standard InChI is InChI=1S/C23H35N8O10PS/c1-10(2)40-19(34)11(3)29-42(37,43-8-12-18(33)30(5)22(35)26-12)39-7-13-15(32)23(4,36)20(41-13)31-9-25-14-16(31)27-21(24)28-17(14)38-6/h9-13,15,20,32,36H,7-8H2,1-6H3,(H,26,35)(H,29,37)(H2,24,27,28)/t11-,12+,13-,15-,20-,23-,42+/m1/s1. The van der Waals surface area contributed by atoms with E-state index in [0.29, 0.717) is 11.4 Å². The monoisotopic (exact) mass is 646 g/mol. The average molecular weight is 647 g/mol. The third kappa shape index (κ3) is 6.72. The second kappa shape index (κ2) is 12.5. The van der Waals surface area contributed by atoms with Gasteiger partial charge in [0.1, 0.15) is 29.9 Å². The van der Waals surface area contributed by atoms with E-state index in [-0.39, 0.29) is 28.7 Å². The Labute approximate surface area is 250 Å². The van der Waals surface area contributed by atoms with Crippen molar-refractivity contribution in [2.45, 2.75) is 69.9 Å². The van der Waals surface area contributed by atoms with Crippen LogP contribution in [-0.4, -0.2) is 115 Å². The van der Waals surface area contributed by atoms with Gasteiger partial charge in [-0.25, -0.2) is 14.9 Å². The number of carbonyl (C=O) groups is 3. The lowest BCUT2D eigenvalue weighted by atomic mass is 9.96. The van der Waals surface area contributed by atoms with Crippen LogP contribution in [-0.2, 0) is 28.2 Å². The summed E-state index contributed by atoms with van der Waals surface area (Å²) in [7, 11) is 2.68. The molecule has 0 aliphatic carbocycles. The Kier molecular flexibility index (Phi) is 9.55. The highest BCUT2D eigenvalue weighted by Gasteiger charge is 2.54. The molecule has 0 bridgehead atoms. The summed E-state index contributed by atoms with van der Waals surface area (Å²) < 4.78 is 37.4. The molecule has 2 aromatic heterocycles. The van der Waals surface area contributed by atoms with Crippen LogP contribution in [0.25, 0.3) is 11.2 Å². The molecule has 2 aliphatic heterocycles. The van der Waals surface area contributed by atoms with Gasteiger partial charge in [0.15, 0.2) is 17.4 Å². The molecule has 20 heteroatoms. The van der Waals surface area contributed by atoms with Crippen molar-refractivity contribution in [2.75, 3.05) is 32.3 Å². The number of hydrogen-bond acceptors (Lipinski definition) is 15. The molecule has 0 saturated carbocycles. The van der Waals surface area contributed by atoms with E-state index < -0.39 is 73.5 Å². The number of aliphatic hydroxyl groups excluding tert-OH is 1. The number of aromatic nitrogens is 4. The first kappa shape index (κ1) is 32.8. The number of nitrogens with two attached hydrogens (primary N) is 1. The van der Waals surface area contributed by atoms with Crippen molar-refractivity contribution in [3.8, 4) is 5.88 Å². The Hall–Kier alpha value is -3.06. The molecule has 43 heavy (non-hydrogen) atoms. The number of methoxy groups -OCH3 is 1. The van der Waals surface area contributed by atoms with Gasteiger partial charge in [0.25, 0.3) is 5.91 Å². The van der Waals surface area contributed by atoms with Crippen LogP contribution in [0.15, 0.2) is 6.33 Å². The van der Waals surface area contributed by atoms with Gasteiger partial charge in [0, 0.05) is 12.8 Å². The molecular formula is C23H35N8O10PS. The van der Waals surface area contributed by atoms with Crippen molar-refractivity contribution in [3.05, 3.63) is 6.33 Å². The van der Waals surface area contributed by atoms with Crippen molar-refractivity contribution in [2.24, 2.45) is 0 Å². The first-order valence-corrected chi connectivity index (χ1v) is 16.3. The fourth-order valence-corrected chi connectivity index (χ4v) is 8.29. The summed E-state index contributed by atoms with van der Waals surface area (Å²) in [5.41, 5.74) is 4.27. The number of likely N-dealkylation sites (N-methyl/N-ethyl adjacent to an activating group) is 1. The Morgan fingerprint density at radius 2 is 2.05 bits per heavy atom. The average Bonchev–Trinajstić information content (AvgIpc) is 3.53. The number of urea groups is 1. The minimum atomic E-state index is -4.05. The second-order valence-corrected chi connectivity index (χ2v) is 14.8. The molecule has 2 aliphatic rings. The lowest BCUT2D eigenvalue weighted by Gasteiger charge is -2.27. The number of esters is 1. The lowest BCUT2D eigenvalue weighted by Crippen LogP contribution is -2.44. The van der Waals surface area contributed by atoms with Gasteiger partial charge in [0.05, 0.1) is 26.1 Å². The fourth-order valence-electron chi connectivity index (χ4n) is 4.43. The van der Waals surface area contributed by atoms with E-state index in [9.17, 15) is 29.2 Å². The number of nitrogens with zero attached hydrogens (tertiary/aromatic N) is 5. The first-order valence-electron chi connectivity index (χ1n) is 13.1. The summed E-state index contributed by atoms with van der Waals surface area (Å²) in [4.78, 5) is 49.9. The Morgan fingerprint density at radius 3 is 2.65 bits per heavy atom. The topological polar surface area (TPSA) is 243 Å². The summed E-state index contributed by atoms with van der Waals surface area (Å²) in [6.45, 7) is 1.49. The molecule has 2 saturated heterocycles. The Bertz CT molecular complexity index is 1440. The predicted octanol–water partition coefficient (Wildman–Crippen LogP) is -0.236. The van der Waals surface area contributed by atoms with Gasteiger partial charge >= 0.3 is 18.7 Å². The summed E-state index contributed by atoms with van der Waals surface area (Å²) in [6.07, 6.45) is -3.16. The molecule has 2 aromatic rings. The van der Waals surface area contributed by atoms with Crippen LogP contribution >= 0.6 is 18.1 Å². The van der Waals surface area contributed by atoms with Crippen LogP contribution in [0.4, 0.5) is 10.7 Å². The minimum Gasteiger partial charge on any atom is -0.479 e. The molecule has 2 fully saturated rings. The maximum Gasteiger partial charge on any atom is 0.327 e. The molecule has 0 radical (unpaired) electrons. The number of nitrogens with one attached hydrogen (secondary N) is 2. The van der Waals surface area contributed by atoms with Crippen molar-refractivity contribution < 1.29 is 47.9 Å². The molecule has 6 N–H and O–H groups in total. The highest BCUT2D eigenvalue weighted by molar-refractivity contribution is 8.56. The van der Waals surface area contributed by atoms with Crippen LogP contribution in [0.1, 0.15) is 33.9 Å². The Morgan fingerprint density at radius 1 is 1.35 bits per heavy atom. The van der Waals surface area contributed by atoms with Gasteiger partial charge in [-0.3, -0.25) is 23.6 Å². The molecule has 18 nitrogen and oxygen atoms in total. The van der Waals surface area contributed by atoms with Gasteiger partial charge in [-0.05, 0) is 27.7 Å². The number of imide groups is 1. The number of amides is 3. The van der Waals surface area contributed by atoms with Crippen molar-refractivity contribution in [3.63, 3.8) is 0 Å². The number of imidazole rings is 1. The van der Waals surface area contributed by atoms with Gasteiger partial charge in [-0.15, -0.1) is 0 Å². The maximum absolute atomic E-state index is 14.0. The smallest absolute Gasteiger partial charge is 0.327 e. The maximum atomic E-state index is 14.0. The van der Waals surface area contributed by atoms with Crippen LogP contribution in [0.2, 0.25) is 0 Å². The van der Waals surface area contributed by atoms with Crippen LogP contribution < -0.4 is 20.9 Å². The highest BCUT2D eigenvalue weighted by Crippen LogP contribution is 2.57. The Balaban J connectivity index is 1.53. The summed E-state index contributed by atoms with van der Waals surface area (Å²) >= 11 is 0.677. The largest absolute Gasteiger partial charge is 0.479 e. The molecule has 4 heterocycles. The minimum absolute atomic E-state index is 0.0941. The highest BCUT2D eigenvalue weighted by atomic mass is 32.7. The van der Waals surface area contributed by atoms with Crippen LogP contribution in [0.5, 0.6) is 5.88 Å². The molecule has 238 valence electrons.